The first-order chi connectivity index (χ1) is 14.1. The Morgan fingerprint density at radius 1 is 1.07 bits per heavy atom. The van der Waals surface area contributed by atoms with Gasteiger partial charge in [-0.25, -0.2) is 0 Å². The summed E-state index contributed by atoms with van der Waals surface area (Å²) >= 11 is 12.2. The molecule has 1 fully saturated rings. The number of hydrogen-bond acceptors (Lipinski definition) is 4. The standard InChI is InChI=1S/C23H30Cl2N2O2/c1-3-27-11-5-6-20(27)15-26-14-17-7-10-22(23(12-17)28-4-2)29-16-18-8-9-19(24)13-21(18)25/h7-10,12-13,20,26H,3-6,11,14-16H2,1-2H3/t20-/m1/s1. The number of rotatable bonds is 10. The van der Waals surface area contributed by atoms with E-state index in [-0.39, 0.29) is 0 Å². The predicted molar refractivity (Wildman–Crippen MR) is 120 cm³/mol. The minimum Gasteiger partial charge on any atom is -0.490 e. The van der Waals surface area contributed by atoms with Gasteiger partial charge in [0.05, 0.1) is 6.61 Å². The fourth-order valence-corrected chi connectivity index (χ4v) is 4.23. The maximum Gasteiger partial charge on any atom is 0.161 e. The summed E-state index contributed by atoms with van der Waals surface area (Å²) in [4.78, 5) is 2.55. The second-order valence-electron chi connectivity index (χ2n) is 7.29. The molecule has 0 spiro atoms. The van der Waals surface area contributed by atoms with Crippen molar-refractivity contribution < 1.29 is 9.47 Å². The van der Waals surface area contributed by atoms with Crippen molar-refractivity contribution in [1.29, 1.82) is 0 Å². The summed E-state index contributed by atoms with van der Waals surface area (Å²) in [7, 11) is 0. The maximum atomic E-state index is 6.25. The Kier molecular flexibility index (Phi) is 8.49. The van der Waals surface area contributed by atoms with Crippen molar-refractivity contribution in [3.8, 4) is 11.5 Å². The molecule has 0 bridgehead atoms. The van der Waals surface area contributed by atoms with Crippen LogP contribution in [0, 0.1) is 0 Å². The van der Waals surface area contributed by atoms with Crippen LogP contribution in [0.2, 0.25) is 10.0 Å². The van der Waals surface area contributed by atoms with Gasteiger partial charge < -0.3 is 14.8 Å². The van der Waals surface area contributed by atoms with Gasteiger partial charge in [-0.3, -0.25) is 4.90 Å². The van der Waals surface area contributed by atoms with E-state index in [1.165, 1.54) is 24.9 Å². The Balaban J connectivity index is 1.59. The number of nitrogens with zero attached hydrogens (tertiary/aromatic N) is 1. The lowest BCUT2D eigenvalue weighted by molar-refractivity contribution is 0.259. The van der Waals surface area contributed by atoms with Crippen LogP contribution in [0.1, 0.15) is 37.8 Å². The molecule has 2 aromatic carbocycles. The van der Waals surface area contributed by atoms with Crippen LogP contribution in [0.5, 0.6) is 11.5 Å². The Morgan fingerprint density at radius 2 is 1.93 bits per heavy atom. The average Bonchev–Trinajstić information content (AvgIpc) is 3.16. The highest BCUT2D eigenvalue weighted by Crippen LogP contribution is 2.30. The maximum absolute atomic E-state index is 6.25. The molecule has 0 aliphatic carbocycles. The largest absolute Gasteiger partial charge is 0.490 e. The molecule has 0 aromatic heterocycles. The summed E-state index contributed by atoms with van der Waals surface area (Å²) in [6.07, 6.45) is 2.59. The molecule has 29 heavy (non-hydrogen) atoms. The third-order valence-corrected chi connectivity index (χ3v) is 5.91. The van der Waals surface area contributed by atoms with Crippen LogP contribution in [0.3, 0.4) is 0 Å². The van der Waals surface area contributed by atoms with Crippen LogP contribution in [-0.4, -0.2) is 37.2 Å². The smallest absolute Gasteiger partial charge is 0.161 e. The van der Waals surface area contributed by atoms with E-state index in [4.69, 9.17) is 32.7 Å². The lowest BCUT2D eigenvalue weighted by atomic mass is 10.1. The van der Waals surface area contributed by atoms with Gasteiger partial charge in [-0.15, -0.1) is 0 Å². The summed E-state index contributed by atoms with van der Waals surface area (Å²) in [6.45, 7) is 9.35. The number of likely N-dealkylation sites (N-methyl/N-ethyl adjacent to an activating group) is 1. The van der Waals surface area contributed by atoms with Crippen LogP contribution < -0.4 is 14.8 Å². The molecule has 0 saturated carbocycles. The summed E-state index contributed by atoms with van der Waals surface area (Å²) in [5.74, 6) is 1.47. The Morgan fingerprint density at radius 3 is 2.69 bits per heavy atom. The molecule has 1 heterocycles. The number of ether oxygens (including phenoxy) is 2. The molecule has 0 unspecified atom stereocenters. The van der Waals surface area contributed by atoms with E-state index in [1.807, 2.05) is 25.1 Å². The van der Waals surface area contributed by atoms with Gasteiger partial charge in [0, 0.05) is 34.7 Å². The van der Waals surface area contributed by atoms with Crippen LogP contribution in [0.25, 0.3) is 0 Å². The molecular weight excluding hydrogens is 407 g/mol. The minimum atomic E-state index is 0.363. The number of benzene rings is 2. The zero-order chi connectivity index (χ0) is 20.6. The SMILES string of the molecule is CCOc1cc(CNC[C@H]2CCCN2CC)ccc1OCc1ccc(Cl)cc1Cl. The van der Waals surface area contributed by atoms with Crippen LogP contribution >= 0.6 is 23.2 Å². The van der Waals surface area contributed by atoms with Crippen molar-refractivity contribution in [2.24, 2.45) is 0 Å². The first-order valence-electron chi connectivity index (χ1n) is 10.4. The second-order valence-corrected chi connectivity index (χ2v) is 8.14. The molecular formula is C23H30Cl2N2O2. The van der Waals surface area contributed by atoms with E-state index < -0.39 is 0 Å². The molecule has 2 aromatic rings. The lowest BCUT2D eigenvalue weighted by Crippen LogP contribution is -2.37. The van der Waals surface area contributed by atoms with Gasteiger partial charge in [-0.05, 0) is 62.7 Å². The van der Waals surface area contributed by atoms with E-state index in [0.717, 1.165) is 36.7 Å². The average molecular weight is 437 g/mol. The minimum absolute atomic E-state index is 0.363. The van der Waals surface area contributed by atoms with E-state index >= 15 is 0 Å². The van der Waals surface area contributed by atoms with Crippen molar-refractivity contribution in [1.82, 2.24) is 10.2 Å². The molecule has 3 rings (SSSR count). The van der Waals surface area contributed by atoms with Gasteiger partial charge in [-0.2, -0.15) is 0 Å². The number of hydrogen-bond donors (Lipinski definition) is 1. The van der Waals surface area contributed by atoms with Crippen molar-refractivity contribution in [2.45, 2.75) is 45.9 Å². The molecule has 158 valence electrons. The summed E-state index contributed by atoms with van der Waals surface area (Å²) < 4.78 is 11.8. The first kappa shape index (κ1) is 22.2. The Labute approximate surface area is 184 Å². The third kappa shape index (κ3) is 6.26. The molecule has 1 aliphatic heterocycles. The second kappa shape index (κ2) is 11.1. The number of nitrogens with one attached hydrogen (secondary N) is 1. The molecule has 0 radical (unpaired) electrons. The van der Waals surface area contributed by atoms with E-state index in [2.05, 4.69) is 29.3 Å². The Hall–Kier alpha value is -1.46. The van der Waals surface area contributed by atoms with Gasteiger partial charge in [0.1, 0.15) is 6.61 Å². The fraction of sp³-hybridized carbons (Fsp3) is 0.478. The quantitative estimate of drug-likeness (QED) is 0.529. The molecule has 1 atom stereocenters. The van der Waals surface area contributed by atoms with E-state index in [9.17, 15) is 0 Å². The number of halogens is 2. The molecule has 1 saturated heterocycles. The monoisotopic (exact) mass is 436 g/mol. The van der Waals surface area contributed by atoms with E-state index in [0.29, 0.717) is 29.3 Å². The topological polar surface area (TPSA) is 33.7 Å². The fourth-order valence-electron chi connectivity index (χ4n) is 3.77. The molecule has 1 N–H and O–H groups in total. The molecule has 4 nitrogen and oxygen atoms in total. The van der Waals surface area contributed by atoms with Crippen molar-refractivity contribution in [2.75, 3.05) is 26.2 Å². The van der Waals surface area contributed by atoms with Crippen LogP contribution in [0.15, 0.2) is 36.4 Å². The van der Waals surface area contributed by atoms with Crippen molar-refractivity contribution in [3.05, 3.63) is 57.6 Å². The third-order valence-electron chi connectivity index (χ3n) is 5.32. The van der Waals surface area contributed by atoms with Gasteiger partial charge in [0.2, 0.25) is 0 Å². The lowest BCUT2D eigenvalue weighted by Gasteiger charge is -2.23. The highest BCUT2D eigenvalue weighted by atomic mass is 35.5. The highest BCUT2D eigenvalue weighted by Gasteiger charge is 2.22. The summed E-state index contributed by atoms with van der Waals surface area (Å²) in [5, 5.41) is 4.82. The van der Waals surface area contributed by atoms with Gasteiger partial charge in [0.15, 0.2) is 11.5 Å². The molecule has 0 amide bonds. The zero-order valence-electron chi connectivity index (χ0n) is 17.2. The normalized spacial score (nSPS) is 16.9. The van der Waals surface area contributed by atoms with E-state index in [1.54, 1.807) is 6.07 Å². The zero-order valence-corrected chi connectivity index (χ0v) is 18.7. The molecule has 6 heteroatoms. The number of likely N-dealkylation sites (tertiary alicyclic amines) is 1. The van der Waals surface area contributed by atoms with Crippen molar-refractivity contribution in [3.63, 3.8) is 0 Å². The van der Waals surface area contributed by atoms with Crippen molar-refractivity contribution >= 4 is 23.2 Å². The van der Waals surface area contributed by atoms with Crippen LogP contribution in [-0.2, 0) is 13.2 Å². The highest BCUT2D eigenvalue weighted by molar-refractivity contribution is 6.35. The summed E-state index contributed by atoms with van der Waals surface area (Å²) in [6, 6.07) is 12.2. The predicted octanol–water partition coefficient (Wildman–Crippen LogP) is 5.55. The summed E-state index contributed by atoms with van der Waals surface area (Å²) in [5.41, 5.74) is 2.08. The molecule has 1 aliphatic rings. The Bertz CT molecular complexity index is 800. The van der Waals surface area contributed by atoms with Gasteiger partial charge in [-0.1, -0.05) is 42.3 Å². The van der Waals surface area contributed by atoms with Gasteiger partial charge >= 0.3 is 0 Å². The van der Waals surface area contributed by atoms with Crippen LogP contribution in [0.4, 0.5) is 0 Å². The van der Waals surface area contributed by atoms with Gasteiger partial charge in [0.25, 0.3) is 0 Å². The first-order valence-corrected chi connectivity index (χ1v) is 11.1.